The number of carbonyl (C=O) groups is 1. The topological polar surface area (TPSA) is 101 Å². The third-order valence-electron chi connectivity index (χ3n) is 3.97. The van der Waals surface area contributed by atoms with Crippen molar-refractivity contribution in [2.45, 2.75) is 46.2 Å². The van der Waals surface area contributed by atoms with E-state index in [9.17, 15) is 20.0 Å². The molecule has 0 aliphatic carbocycles. The summed E-state index contributed by atoms with van der Waals surface area (Å²) in [4.78, 5) is 24.0. The Labute approximate surface area is 122 Å². The highest BCUT2D eigenvalue weighted by atomic mass is 16.6. The van der Waals surface area contributed by atoms with Crippen molar-refractivity contribution < 1.29 is 14.8 Å². The fraction of sp³-hybridized carbons (Fsp3) is 0.692. The Kier molecular flexibility index (Phi) is 4.15. The smallest absolute Gasteiger partial charge is 0.333 e. The van der Waals surface area contributed by atoms with E-state index < -0.39 is 16.9 Å². The molecule has 0 amide bonds. The second-order valence-corrected chi connectivity index (χ2v) is 5.51. The van der Waals surface area contributed by atoms with Gasteiger partial charge in [-0.1, -0.05) is 6.92 Å². The number of hydrogen-bond acceptors (Lipinski definition) is 5. The molecule has 21 heavy (non-hydrogen) atoms. The predicted octanol–water partition coefficient (Wildman–Crippen LogP) is 1.81. The van der Waals surface area contributed by atoms with Gasteiger partial charge in [0, 0.05) is 13.1 Å². The van der Waals surface area contributed by atoms with Gasteiger partial charge in [0.2, 0.25) is 5.82 Å². The normalized spacial score (nSPS) is 22.3. The molecule has 0 spiro atoms. The maximum absolute atomic E-state index is 11.5. The molecule has 1 aliphatic rings. The molecular formula is C13H20N4O4. The van der Waals surface area contributed by atoms with Crippen LogP contribution in [0.2, 0.25) is 0 Å². The van der Waals surface area contributed by atoms with Crippen LogP contribution < -0.4 is 4.90 Å². The third kappa shape index (κ3) is 2.70. The summed E-state index contributed by atoms with van der Waals surface area (Å²) in [6.07, 6.45) is 1.30. The maximum Gasteiger partial charge on any atom is 0.333 e. The lowest BCUT2D eigenvalue weighted by Gasteiger charge is -2.36. The van der Waals surface area contributed by atoms with Crippen molar-refractivity contribution in [3.05, 3.63) is 15.8 Å². The molecule has 2 rings (SSSR count). The first-order chi connectivity index (χ1) is 9.86. The van der Waals surface area contributed by atoms with Crippen LogP contribution in [-0.2, 0) is 11.3 Å². The number of nitrogens with zero attached hydrogens (tertiary/aromatic N) is 4. The Morgan fingerprint density at radius 3 is 2.76 bits per heavy atom. The molecule has 0 saturated carbocycles. The van der Waals surface area contributed by atoms with E-state index >= 15 is 0 Å². The summed E-state index contributed by atoms with van der Waals surface area (Å²) in [6, 6.07) is -0.742. The Hall–Kier alpha value is -2.12. The van der Waals surface area contributed by atoms with Gasteiger partial charge in [-0.05, 0) is 32.6 Å². The number of hydrogen-bond donors (Lipinski definition) is 1. The van der Waals surface area contributed by atoms with Crippen molar-refractivity contribution in [1.29, 1.82) is 0 Å². The molecule has 0 radical (unpaired) electrons. The lowest BCUT2D eigenvalue weighted by Crippen LogP contribution is -2.48. The number of aryl methyl sites for hydroxylation is 2. The van der Waals surface area contributed by atoms with Crippen LogP contribution in [0, 0.1) is 23.0 Å². The molecule has 1 fully saturated rings. The van der Waals surface area contributed by atoms with Gasteiger partial charge >= 0.3 is 11.7 Å². The van der Waals surface area contributed by atoms with Crippen LogP contribution in [0.25, 0.3) is 0 Å². The van der Waals surface area contributed by atoms with Gasteiger partial charge in [-0.25, -0.2) is 9.48 Å². The first kappa shape index (κ1) is 15.3. The minimum Gasteiger partial charge on any atom is -0.480 e. The standard InChI is InChI=1S/C13H20N4O4/c1-4-16-12(11(17(20)21)9(3)14-16)15-6-5-8(2)7-10(15)13(18)19/h8,10H,4-7H2,1-3H3,(H,18,19). The molecule has 2 atom stereocenters. The number of nitro groups is 1. The van der Waals surface area contributed by atoms with Gasteiger partial charge in [0.25, 0.3) is 0 Å². The SMILES string of the molecule is CCn1nc(C)c([N+](=O)[O-])c1N1CCC(C)CC1C(=O)O. The van der Waals surface area contributed by atoms with Gasteiger partial charge in [0.15, 0.2) is 0 Å². The molecule has 8 nitrogen and oxygen atoms in total. The number of aromatic nitrogens is 2. The molecule has 0 aromatic carbocycles. The zero-order valence-corrected chi connectivity index (χ0v) is 12.4. The summed E-state index contributed by atoms with van der Waals surface area (Å²) in [5.74, 6) is -0.336. The van der Waals surface area contributed by atoms with Crippen molar-refractivity contribution in [3.8, 4) is 0 Å². The number of carboxylic acids is 1. The Morgan fingerprint density at radius 1 is 1.57 bits per heavy atom. The number of piperidine rings is 1. The molecule has 1 aromatic heterocycles. The number of anilines is 1. The number of aliphatic carboxylic acids is 1. The fourth-order valence-corrected chi connectivity index (χ4v) is 2.91. The monoisotopic (exact) mass is 296 g/mol. The van der Waals surface area contributed by atoms with E-state index in [1.54, 1.807) is 11.8 Å². The Balaban J connectivity index is 2.53. The molecule has 2 heterocycles. The van der Waals surface area contributed by atoms with E-state index in [0.29, 0.717) is 36.9 Å². The van der Waals surface area contributed by atoms with Crippen LogP contribution >= 0.6 is 0 Å². The largest absolute Gasteiger partial charge is 0.480 e. The Morgan fingerprint density at radius 2 is 2.24 bits per heavy atom. The molecule has 2 unspecified atom stereocenters. The second-order valence-electron chi connectivity index (χ2n) is 5.51. The minimum atomic E-state index is -0.947. The van der Waals surface area contributed by atoms with Crippen LogP contribution in [-0.4, -0.2) is 38.4 Å². The van der Waals surface area contributed by atoms with Crippen LogP contribution in [0.4, 0.5) is 11.5 Å². The average molecular weight is 296 g/mol. The highest BCUT2D eigenvalue weighted by Crippen LogP contribution is 2.36. The van der Waals surface area contributed by atoms with Crippen LogP contribution in [0.1, 0.15) is 32.4 Å². The number of carboxylic acid groups (broad SMARTS) is 1. The van der Waals surface area contributed by atoms with Crippen molar-refractivity contribution >= 4 is 17.5 Å². The van der Waals surface area contributed by atoms with Crippen LogP contribution in [0.5, 0.6) is 0 Å². The van der Waals surface area contributed by atoms with Gasteiger partial charge in [-0.15, -0.1) is 0 Å². The predicted molar refractivity (Wildman–Crippen MR) is 76.5 cm³/mol. The summed E-state index contributed by atoms with van der Waals surface area (Å²) >= 11 is 0. The van der Waals surface area contributed by atoms with E-state index in [4.69, 9.17) is 0 Å². The van der Waals surface area contributed by atoms with Crippen molar-refractivity contribution in [2.75, 3.05) is 11.4 Å². The van der Waals surface area contributed by atoms with Crippen molar-refractivity contribution in [3.63, 3.8) is 0 Å². The van der Waals surface area contributed by atoms with Gasteiger partial charge in [0.05, 0.1) is 4.92 Å². The molecule has 116 valence electrons. The second kappa shape index (κ2) is 5.71. The lowest BCUT2D eigenvalue weighted by molar-refractivity contribution is -0.384. The van der Waals surface area contributed by atoms with Crippen LogP contribution in [0.3, 0.4) is 0 Å². The number of rotatable bonds is 4. The summed E-state index contributed by atoms with van der Waals surface area (Å²) in [5, 5.41) is 25.0. The summed E-state index contributed by atoms with van der Waals surface area (Å²) in [5.41, 5.74) is 0.234. The van der Waals surface area contributed by atoms with Crippen molar-refractivity contribution in [1.82, 2.24) is 9.78 Å². The molecule has 1 aromatic rings. The molecular weight excluding hydrogens is 276 g/mol. The van der Waals surface area contributed by atoms with Gasteiger partial charge < -0.3 is 10.0 Å². The zero-order chi connectivity index (χ0) is 15.7. The molecule has 1 N–H and O–H groups in total. The summed E-state index contributed by atoms with van der Waals surface area (Å²) in [7, 11) is 0. The first-order valence-electron chi connectivity index (χ1n) is 7.08. The van der Waals surface area contributed by atoms with Crippen molar-refractivity contribution in [2.24, 2.45) is 5.92 Å². The van der Waals surface area contributed by atoms with Gasteiger partial charge in [-0.3, -0.25) is 10.1 Å². The molecule has 0 bridgehead atoms. The highest BCUT2D eigenvalue weighted by Gasteiger charge is 2.38. The van der Waals surface area contributed by atoms with E-state index in [-0.39, 0.29) is 5.69 Å². The Bertz CT molecular complexity index is 569. The minimum absolute atomic E-state index is 0.0855. The van der Waals surface area contributed by atoms with Crippen LogP contribution in [0.15, 0.2) is 0 Å². The van der Waals surface area contributed by atoms with E-state index in [1.165, 1.54) is 4.68 Å². The van der Waals surface area contributed by atoms with E-state index in [0.717, 1.165) is 6.42 Å². The molecule has 1 aliphatic heterocycles. The quantitative estimate of drug-likeness (QED) is 0.671. The highest BCUT2D eigenvalue weighted by molar-refractivity contribution is 5.80. The van der Waals surface area contributed by atoms with Gasteiger partial charge in [-0.2, -0.15) is 5.10 Å². The summed E-state index contributed by atoms with van der Waals surface area (Å²) < 4.78 is 1.53. The zero-order valence-electron chi connectivity index (χ0n) is 12.4. The average Bonchev–Trinajstić information content (AvgIpc) is 2.75. The lowest BCUT2D eigenvalue weighted by atomic mass is 9.92. The molecule has 1 saturated heterocycles. The first-order valence-corrected chi connectivity index (χ1v) is 7.08. The van der Waals surface area contributed by atoms with Gasteiger partial charge in [0.1, 0.15) is 11.7 Å². The van der Waals surface area contributed by atoms with E-state index in [1.807, 2.05) is 13.8 Å². The third-order valence-corrected chi connectivity index (χ3v) is 3.97. The maximum atomic E-state index is 11.5. The summed E-state index contributed by atoms with van der Waals surface area (Å²) in [6.45, 7) is 6.37. The fourth-order valence-electron chi connectivity index (χ4n) is 2.91. The van der Waals surface area contributed by atoms with E-state index in [2.05, 4.69) is 5.10 Å². The molecule has 8 heteroatoms.